The van der Waals surface area contributed by atoms with Crippen LogP contribution in [0.2, 0.25) is 0 Å². The van der Waals surface area contributed by atoms with Crippen LogP contribution in [-0.2, 0) is 26.0 Å². The predicted molar refractivity (Wildman–Crippen MR) is 100 cm³/mol. The topological polar surface area (TPSA) is 84.5 Å². The highest BCUT2D eigenvalue weighted by Crippen LogP contribution is 2.11. The molecule has 0 aliphatic carbocycles. The van der Waals surface area contributed by atoms with Gasteiger partial charge < -0.3 is 10.1 Å². The number of methoxy groups -OCH3 is 1. The number of hydrogen-bond acceptors (Lipinski definition) is 4. The van der Waals surface area contributed by atoms with Gasteiger partial charge in [0.15, 0.2) is 0 Å². The maximum Gasteiger partial charge on any atom is 0.241 e. The van der Waals surface area contributed by atoms with Gasteiger partial charge in [0.25, 0.3) is 0 Å². The molecule has 0 unspecified atom stereocenters. The third kappa shape index (κ3) is 5.94. The molecule has 0 aliphatic rings. The Labute approximate surface area is 154 Å². The summed E-state index contributed by atoms with van der Waals surface area (Å²) in [5.41, 5.74) is 0.864. The Morgan fingerprint density at radius 1 is 1.04 bits per heavy atom. The normalized spacial score (nSPS) is 13.8. The van der Waals surface area contributed by atoms with E-state index in [0.29, 0.717) is 6.61 Å². The second kappa shape index (κ2) is 9.47. The van der Waals surface area contributed by atoms with Crippen LogP contribution in [0.4, 0.5) is 0 Å². The average Bonchev–Trinajstić information content (AvgIpc) is 2.63. The first-order chi connectivity index (χ1) is 12.4. The van der Waals surface area contributed by atoms with Gasteiger partial charge in [-0.15, -0.1) is 0 Å². The molecule has 0 aromatic heterocycles. The molecular weight excluding hydrogens is 352 g/mol. The van der Waals surface area contributed by atoms with Crippen molar-refractivity contribution in [1.82, 2.24) is 10.0 Å². The minimum atomic E-state index is -3.81. The lowest BCUT2D eigenvalue weighted by Gasteiger charge is -2.21. The van der Waals surface area contributed by atoms with Gasteiger partial charge >= 0.3 is 0 Å². The van der Waals surface area contributed by atoms with Gasteiger partial charge in [-0.2, -0.15) is 4.72 Å². The third-order valence-corrected chi connectivity index (χ3v) is 5.24. The van der Waals surface area contributed by atoms with Crippen molar-refractivity contribution in [2.75, 3.05) is 13.7 Å². The monoisotopic (exact) mass is 376 g/mol. The zero-order chi connectivity index (χ0) is 19.0. The van der Waals surface area contributed by atoms with Crippen LogP contribution in [0, 0.1) is 0 Å². The molecule has 0 saturated carbocycles. The molecule has 0 saturated heterocycles. The summed E-state index contributed by atoms with van der Waals surface area (Å²) in [5.74, 6) is -0.391. The number of carbonyl (C=O) groups is 1. The van der Waals surface area contributed by atoms with E-state index in [1.807, 2.05) is 30.3 Å². The van der Waals surface area contributed by atoms with Crippen LogP contribution in [0.3, 0.4) is 0 Å². The van der Waals surface area contributed by atoms with E-state index in [-0.39, 0.29) is 17.4 Å². The lowest BCUT2D eigenvalue weighted by Crippen LogP contribution is -2.50. The molecule has 2 atom stereocenters. The fourth-order valence-corrected chi connectivity index (χ4v) is 3.74. The summed E-state index contributed by atoms with van der Waals surface area (Å²) in [6.45, 7) is 2.14. The molecule has 0 radical (unpaired) electrons. The van der Waals surface area contributed by atoms with Crippen molar-refractivity contribution in [3.05, 3.63) is 66.2 Å². The number of amides is 1. The summed E-state index contributed by atoms with van der Waals surface area (Å²) in [6.07, 6.45) is 0.248. The van der Waals surface area contributed by atoms with Gasteiger partial charge in [-0.05, 0) is 31.0 Å². The smallest absolute Gasteiger partial charge is 0.241 e. The molecular formula is C19H24N2O4S. The van der Waals surface area contributed by atoms with Crippen molar-refractivity contribution in [3.63, 3.8) is 0 Å². The molecule has 2 aromatic rings. The molecule has 1 amide bonds. The van der Waals surface area contributed by atoms with Crippen molar-refractivity contribution in [2.24, 2.45) is 0 Å². The van der Waals surface area contributed by atoms with E-state index in [2.05, 4.69) is 10.0 Å². The van der Waals surface area contributed by atoms with Crippen LogP contribution < -0.4 is 10.0 Å². The quantitative estimate of drug-likeness (QED) is 0.698. The number of nitrogens with one attached hydrogen (secondary N) is 2. The second-order valence-electron chi connectivity index (χ2n) is 6.04. The summed E-state index contributed by atoms with van der Waals surface area (Å²) >= 11 is 0. The summed E-state index contributed by atoms with van der Waals surface area (Å²) in [7, 11) is -2.27. The van der Waals surface area contributed by atoms with Crippen LogP contribution in [-0.4, -0.2) is 40.1 Å². The summed E-state index contributed by atoms with van der Waals surface area (Å²) in [6, 6.07) is 16.1. The first-order valence-corrected chi connectivity index (χ1v) is 9.81. The molecule has 2 aromatic carbocycles. The predicted octanol–water partition coefficient (Wildman–Crippen LogP) is 1.73. The highest BCUT2D eigenvalue weighted by atomic mass is 32.2. The standard InChI is InChI=1S/C19H24N2O4S/c1-15(14-25-2)20-19(22)18(13-16-9-5-3-6-10-16)21-26(23,24)17-11-7-4-8-12-17/h3-12,15,18,21H,13-14H2,1-2H3,(H,20,22)/t15-,18-/m1/s1. The Morgan fingerprint density at radius 3 is 2.19 bits per heavy atom. The van der Waals surface area contributed by atoms with Crippen molar-refractivity contribution >= 4 is 15.9 Å². The van der Waals surface area contributed by atoms with Crippen LogP contribution in [0.1, 0.15) is 12.5 Å². The highest BCUT2D eigenvalue weighted by Gasteiger charge is 2.26. The molecule has 0 fully saturated rings. The number of rotatable bonds is 9. The third-order valence-electron chi connectivity index (χ3n) is 3.76. The Bertz CT molecular complexity index is 795. The van der Waals surface area contributed by atoms with E-state index in [1.54, 1.807) is 32.2 Å². The van der Waals surface area contributed by atoms with Crippen molar-refractivity contribution in [1.29, 1.82) is 0 Å². The first kappa shape index (κ1) is 20.1. The Kier molecular flexibility index (Phi) is 7.32. The lowest BCUT2D eigenvalue weighted by molar-refractivity contribution is -0.123. The van der Waals surface area contributed by atoms with Gasteiger partial charge in [-0.3, -0.25) is 4.79 Å². The summed E-state index contributed by atoms with van der Waals surface area (Å²) < 4.78 is 32.8. The number of ether oxygens (including phenoxy) is 1. The van der Waals surface area contributed by atoms with Gasteiger partial charge in [0.05, 0.1) is 11.5 Å². The Hall–Kier alpha value is -2.22. The van der Waals surface area contributed by atoms with Gasteiger partial charge in [-0.1, -0.05) is 48.5 Å². The maximum atomic E-state index is 12.6. The van der Waals surface area contributed by atoms with E-state index in [1.165, 1.54) is 12.1 Å². The molecule has 0 bridgehead atoms. The Morgan fingerprint density at radius 2 is 1.62 bits per heavy atom. The van der Waals surface area contributed by atoms with Gasteiger partial charge in [0.1, 0.15) is 6.04 Å². The fourth-order valence-electron chi connectivity index (χ4n) is 2.53. The largest absolute Gasteiger partial charge is 0.383 e. The Balaban J connectivity index is 2.21. The maximum absolute atomic E-state index is 12.6. The van der Waals surface area contributed by atoms with Gasteiger partial charge in [0.2, 0.25) is 15.9 Å². The second-order valence-corrected chi connectivity index (χ2v) is 7.76. The first-order valence-electron chi connectivity index (χ1n) is 8.33. The zero-order valence-corrected chi connectivity index (χ0v) is 15.7. The van der Waals surface area contributed by atoms with E-state index in [9.17, 15) is 13.2 Å². The van der Waals surface area contributed by atoms with Gasteiger partial charge in [0, 0.05) is 13.2 Å². The van der Waals surface area contributed by atoms with Crippen molar-refractivity contribution < 1.29 is 17.9 Å². The van der Waals surface area contributed by atoms with Crippen LogP contribution in [0.5, 0.6) is 0 Å². The van der Waals surface area contributed by atoms with E-state index in [4.69, 9.17) is 4.74 Å². The number of carbonyl (C=O) groups excluding carboxylic acids is 1. The number of hydrogen-bond donors (Lipinski definition) is 2. The summed E-state index contributed by atoms with van der Waals surface area (Å²) in [4.78, 5) is 12.8. The van der Waals surface area contributed by atoms with Crippen molar-refractivity contribution in [3.8, 4) is 0 Å². The number of sulfonamides is 1. The van der Waals surface area contributed by atoms with E-state index >= 15 is 0 Å². The lowest BCUT2D eigenvalue weighted by atomic mass is 10.1. The molecule has 0 heterocycles. The molecule has 6 nitrogen and oxygen atoms in total. The van der Waals surface area contributed by atoms with Crippen LogP contribution >= 0.6 is 0 Å². The minimum absolute atomic E-state index is 0.121. The minimum Gasteiger partial charge on any atom is -0.383 e. The SMILES string of the molecule is COC[C@@H](C)NC(=O)[C@@H](Cc1ccccc1)NS(=O)(=O)c1ccccc1. The van der Waals surface area contributed by atoms with Gasteiger partial charge in [-0.25, -0.2) is 8.42 Å². The molecule has 26 heavy (non-hydrogen) atoms. The number of benzene rings is 2. The molecule has 0 spiro atoms. The zero-order valence-electron chi connectivity index (χ0n) is 14.9. The summed E-state index contributed by atoms with van der Waals surface area (Å²) in [5, 5.41) is 2.78. The van der Waals surface area contributed by atoms with Crippen LogP contribution in [0.15, 0.2) is 65.6 Å². The van der Waals surface area contributed by atoms with E-state index in [0.717, 1.165) is 5.56 Å². The average molecular weight is 376 g/mol. The van der Waals surface area contributed by atoms with E-state index < -0.39 is 22.0 Å². The molecule has 7 heteroatoms. The van der Waals surface area contributed by atoms with Crippen LogP contribution in [0.25, 0.3) is 0 Å². The molecule has 140 valence electrons. The fraction of sp³-hybridized carbons (Fsp3) is 0.316. The molecule has 2 rings (SSSR count). The van der Waals surface area contributed by atoms with Crippen molar-refractivity contribution in [2.45, 2.75) is 30.3 Å². The molecule has 2 N–H and O–H groups in total. The molecule has 0 aliphatic heterocycles. The highest BCUT2D eigenvalue weighted by molar-refractivity contribution is 7.89.